The van der Waals surface area contributed by atoms with Crippen molar-refractivity contribution in [3.63, 3.8) is 0 Å². The van der Waals surface area contributed by atoms with Gasteiger partial charge in [0.1, 0.15) is 0 Å². The normalized spacial score (nSPS) is 10.1. The van der Waals surface area contributed by atoms with Crippen LogP contribution in [-0.4, -0.2) is 17.6 Å². The van der Waals surface area contributed by atoms with E-state index in [2.05, 4.69) is 17.1 Å². The van der Waals surface area contributed by atoms with Crippen LogP contribution in [0.3, 0.4) is 0 Å². The van der Waals surface area contributed by atoms with Crippen molar-refractivity contribution in [3.05, 3.63) is 54.2 Å². The molecule has 0 aliphatic carbocycles. The third kappa shape index (κ3) is 2.66. The smallest absolute Gasteiger partial charge is 0.273 e. The van der Waals surface area contributed by atoms with Crippen LogP contribution in [0, 0.1) is 6.92 Å². The molecule has 0 aliphatic heterocycles. The molecule has 1 N–H and O–H groups in total. The maximum absolute atomic E-state index is 11.6. The molecular weight excluding hydrogens is 228 g/mol. The predicted molar refractivity (Wildman–Crippen MR) is 69.2 cm³/mol. The van der Waals surface area contributed by atoms with Gasteiger partial charge in [0.25, 0.3) is 5.91 Å². The van der Waals surface area contributed by atoms with Crippen LogP contribution in [-0.2, 0) is 0 Å². The van der Waals surface area contributed by atoms with Crippen molar-refractivity contribution in [1.82, 2.24) is 10.5 Å². The van der Waals surface area contributed by atoms with Gasteiger partial charge in [0.2, 0.25) is 0 Å². The fourth-order valence-electron chi connectivity index (χ4n) is 1.49. The molecule has 0 radical (unpaired) electrons. The summed E-state index contributed by atoms with van der Waals surface area (Å²) in [5.74, 6) is 0.316. The van der Waals surface area contributed by atoms with Gasteiger partial charge < -0.3 is 9.84 Å². The number of nitrogens with zero attached hydrogens (tertiary/aromatic N) is 1. The summed E-state index contributed by atoms with van der Waals surface area (Å²) in [4.78, 5) is 11.6. The molecule has 0 saturated heterocycles. The van der Waals surface area contributed by atoms with E-state index in [-0.39, 0.29) is 11.6 Å². The number of carbonyl (C=O) groups excluding carboxylic acids is 1. The van der Waals surface area contributed by atoms with Gasteiger partial charge in [0, 0.05) is 18.2 Å². The molecule has 1 amide bonds. The molecule has 1 heterocycles. The molecule has 0 fully saturated rings. The topological polar surface area (TPSA) is 55.1 Å². The van der Waals surface area contributed by atoms with E-state index in [4.69, 9.17) is 4.52 Å². The number of aromatic nitrogens is 1. The van der Waals surface area contributed by atoms with Gasteiger partial charge in [-0.05, 0) is 6.92 Å². The van der Waals surface area contributed by atoms with Crippen LogP contribution in [0.1, 0.15) is 16.1 Å². The third-order valence-corrected chi connectivity index (χ3v) is 2.49. The van der Waals surface area contributed by atoms with E-state index in [1.165, 1.54) is 5.56 Å². The molecule has 0 atom stereocenters. The summed E-state index contributed by atoms with van der Waals surface area (Å²) in [6.45, 7) is 5.95. The van der Waals surface area contributed by atoms with Gasteiger partial charge in [-0.1, -0.05) is 41.1 Å². The van der Waals surface area contributed by atoms with Crippen LogP contribution >= 0.6 is 0 Å². The number of carbonyl (C=O) groups is 1. The van der Waals surface area contributed by atoms with Crippen molar-refractivity contribution in [3.8, 4) is 11.3 Å². The van der Waals surface area contributed by atoms with Gasteiger partial charge in [-0.25, -0.2) is 0 Å². The fraction of sp³-hybridized carbons (Fsp3) is 0.143. The lowest BCUT2D eigenvalue weighted by Crippen LogP contribution is -2.23. The molecule has 92 valence electrons. The molecule has 0 saturated carbocycles. The Morgan fingerprint density at radius 2 is 2.17 bits per heavy atom. The van der Waals surface area contributed by atoms with E-state index in [1.807, 2.05) is 31.2 Å². The van der Waals surface area contributed by atoms with Crippen LogP contribution in [0.4, 0.5) is 0 Å². The summed E-state index contributed by atoms with van der Waals surface area (Å²) in [7, 11) is 0. The molecule has 1 aromatic carbocycles. The number of nitrogens with one attached hydrogen (secondary N) is 1. The van der Waals surface area contributed by atoms with Crippen molar-refractivity contribution in [1.29, 1.82) is 0 Å². The van der Waals surface area contributed by atoms with Gasteiger partial charge in [-0.3, -0.25) is 4.79 Å². The zero-order chi connectivity index (χ0) is 13.0. The number of hydrogen-bond donors (Lipinski definition) is 1. The lowest BCUT2D eigenvalue weighted by molar-refractivity contribution is 0.0949. The molecule has 2 rings (SSSR count). The van der Waals surface area contributed by atoms with Crippen molar-refractivity contribution in [2.75, 3.05) is 6.54 Å². The van der Waals surface area contributed by atoms with Crippen LogP contribution in [0.2, 0.25) is 0 Å². The first kappa shape index (κ1) is 12.1. The number of rotatable bonds is 4. The van der Waals surface area contributed by atoms with Gasteiger partial charge in [-0.15, -0.1) is 6.58 Å². The van der Waals surface area contributed by atoms with Crippen molar-refractivity contribution >= 4 is 5.91 Å². The van der Waals surface area contributed by atoms with Crippen LogP contribution in [0.5, 0.6) is 0 Å². The second-order valence-corrected chi connectivity index (χ2v) is 3.94. The standard InChI is InChI=1S/C14H14N2O2/c1-3-8-15-14(17)12-9-13(18-16-12)11-6-4-10(2)5-7-11/h3-7,9H,1,8H2,2H3,(H,15,17). The minimum absolute atomic E-state index is 0.267. The van der Waals surface area contributed by atoms with E-state index in [1.54, 1.807) is 12.1 Å². The molecule has 0 spiro atoms. The van der Waals surface area contributed by atoms with Gasteiger partial charge in [0.15, 0.2) is 11.5 Å². The third-order valence-electron chi connectivity index (χ3n) is 2.49. The van der Waals surface area contributed by atoms with Crippen molar-refractivity contribution < 1.29 is 9.32 Å². The highest BCUT2D eigenvalue weighted by molar-refractivity contribution is 5.93. The molecule has 0 bridgehead atoms. The fourth-order valence-corrected chi connectivity index (χ4v) is 1.49. The zero-order valence-electron chi connectivity index (χ0n) is 10.1. The van der Waals surface area contributed by atoms with E-state index < -0.39 is 0 Å². The Kier molecular flexibility index (Phi) is 3.57. The highest BCUT2D eigenvalue weighted by Gasteiger charge is 2.12. The number of aryl methyl sites for hydroxylation is 1. The van der Waals surface area contributed by atoms with Crippen LogP contribution in [0.15, 0.2) is 47.5 Å². The van der Waals surface area contributed by atoms with E-state index in [9.17, 15) is 4.79 Å². The quantitative estimate of drug-likeness (QED) is 0.838. The summed E-state index contributed by atoms with van der Waals surface area (Å²) < 4.78 is 5.16. The Morgan fingerprint density at radius 1 is 1.44 bits per heavy atom. The molecule has 4 nitrogen and oxygen atoms in total. The minimum atomic E-state index is -0.267. The summed E-state index contributed by atoms with van der Waals surface area (Å²) in [5.41, 5.74) is 2.34. The predicted octanol–water partition coefficient (Wildman–Crippen LogP) is 2.57. The molecule has 18 heavy (non-hydrogen) atoms. The highest BCUT2D eigenvalue weighted by atomic mass is 16.5. The van der Waals surface area contributed by atoms with E-state index >= 15 is 0 Å². The minimum Gasteiger partial charge on any atom is -0.355 e. The van der Waals surface area contributed by atoms with Crippen molar-refractivity contribution in [2.24, 2.45) is 0 Å². The molecule has 2 aromatic rings. The lowest BCUT2D eigenvalue weighted by Gasteiger charge is -1.96. The van der Waals surface area contributed by atoms with Gasteiger partial charge >= 0.3 is 0 Å². The van der Waals surface area contributed by atoms with E-state index in [0.29, 0.717) is 12.3 Å². The largest absolute Gasteiger partial charge is 0.355 e. The monoisotopic (exact) mass is 242 g/mol. The summed E-state index contributed by atoms with van der Waals surface area (Å²) in [5, 5.41) is 6.39. The zero-order valence-corrected chi connectivity index (χ0v) is 10.1. The van der Waals surface area contributed by atoms with Crippen LogP contribution < -0.4 is 5.32 Å². The Bertz CT molecular complexity index is 555. The Morgan fingerprint density at radius 3 is 2.83 bits per heavy atom. The summed E-state index contributed by atoms with van der Waals surface area (Å²) in [6.07, 6.45) is 1.61. The van der Waals surface area contributed by atoms with Gasteiger partial charge in [-0.2, -0.15) is 0 Å². The SMILES string of the molecule is C=CCNC(=O)c1cc(-c2ccc(C)cc2)on1. The molecular formula is C14H14N2O2. The first-order valence-electron chi connectivity index (χ1n) is 5.63. The van der Waals surface area contributed by atoms with Crippen LogP contribution in [0.25, 0.3) is 11.3 Å². The maximum atomic E-state index is 11.6. The number of hydrogen-bond acceptors (Lipinski definition) is 3. The molecule has 0 aliphatic rings. The van der Waals surface area contributed by atoms with Crippen molar-refractivity contribution in [2.45, 2.75) is 6.92 Å². The average molecular weight is 242 g/mol. The first-order valence-corrected chi connectivity index (χ1v) is 5.63. The molecule has 4 heteroatoms. The van der Waals surface area contributed by atoms with Gasteiger partial charge in [0.05, 0.1) is 0 Å². The Hall–Kier alpha value is -2.36. The number of benzene rings is 1. The summed E-state index contributed by atoms with van der Waals surface area (Å²) >= 11 is 0. The van der Waals surface area contributed by atoms with E-state index in [0.717, 1.165) is 5.56 Å². The second kappa shape index (κ2) is 5.31. The Labute approximate surface area is 105 Å². The first-order chi connectivity index (χ1) is 8.70. The molecule has 0 unspecified atom stereocenters. The maximum Gasteiger partial charge on any atom is 0.273 e. The highest BCUT2D eigenvalue weighted by Crippen LogP contribution is 2.20. The molecule has 1 aromatic heterocycles. The average Bonchev–Trinajstić information content (AvgIpc) is 2.86. The number of amides is 1. The Balaban J connectivity index is 2.17. The summed E-state index contributed by atoms with van der Waals surface area (Å²) in [6, 6.07) is 9.45. The lowest BCUT2D eigenvalue weighted by atomic mass is 10.1. The second-order valence-electron chi connectivity index (χ2n) is 3.94.